The van der Waals surface area contributed by atoms with E-state index in [0.717, 1.165) is 16.8 Å². The summed E-state index contributed by atoms with van der Waals surface area (Å²) in [6.45, 7) is 3.86. The van der Waals surface area contributed by atoms with Crippen LogP contribution in [0.4, 0.5) is 24.5 Å². The Balaban J connectivity index is 1.87. The molecule has 0 aromatic heterocycles. The maximum atomic E-state index is 12.1. The lowest BCUT2D eigenvalue weighted by molar-refractivity contribution is -0.274. The minimum absolute atomic E-state index is 0.00715. The first-order valence-corrected chi connectivity index (χ1v) is 7.20. The van der Waals surface area contributed by atoms with Crippen molar-refractivity contribution in [1.82, 2.24) is 0 Å². The van der Waals surface area contributed by atoms with Gasteiger partial charge >= 0.3 is 6.36 Å². The smallest absolute Gasteiger partial charge is 0.406 e. The summed E-state index contributed by atoms with van der Waals surface area (Å²) >= 11 is 0. The number of halogens is 3. The fraction of sp³-hybridized carbons (Fsp3) is 0.235. The van der Waals surface area contributed by atoms with Gasteiger partial charge in [-0.2, -0.15) is 0 Å². The van der Waals surface area contributed by atoms with Gasteiger partial charge in [-0.05, 0) is 49.7 Å². The number of carbonyl (C=O) groups excluding carboxylic acids is 1. The van der Waals surface area contributed by atoms with Crippen molar-refractivity contribution in [2.45, 2.75) is 20.2 Å². The lowest BCUT2D eigenvalue weighted by atomic mass is 10.1. The van der Waals surface area contributed by atoms with Crippen LogP contribution in [0.5, 0.6) is 5.75 Å². The zero-order valence-electron chi connectivity index (χ0n) is 13.2. The van der Waals surface area contributed by atoms with Gasteiger partial charge in [0, 0.05) is 11.4 Å². The van der Waals surface area contributed by atoms with Crippen LogP contribution in [0.25, 0.3) is 0 Å². The number of aryl methyl sites for hydroxylation is 2. The molecule has 0 atom stereocenters. The van der Waals surface area contributed by atoms with Gasteiger partial charge in [0.05, 0.1) is 6.54 Å². The molecule has 0 saturated heterocycles. The molecule has 2 N–H and O–H groups in total. The number of benzene rings is 2. The predicted molar refractivity (Wildman–Crippen MR) is 86.2 cm³/mol. The van der Waals surface area contributed by atoms with Gasteiger partial charge in [-0.25, -0.2) is 0 Å². The fourth-order valence-corrected chi connectivity index (χ4v) is 2.11. The summed E-state index contributed by atoms with van der Waals surface area (Å²) in [5, 5.41) is 5.61. The number of anilines is 2. The van der Waals surface area contributed by atoms with E-state index >= 15 is 0 Å². The Labute approximate surface area is 137 Å². The van der Waals surface area contributed by atoms with E-state index in [9.17, 15) is 18.0 Å². The third-order valence-electron chi connectivity index (χ3n) is 3.20. The SMILES string of the molecule is Cc1ccc(NC(=O)CNc2ccc(OC(F)(F)F)cc2)c(C)c1. The summed E-state index contributed by atoms with van der Waals surface area (Å²) in [4.78, 5) is 11.9. The molecule has 24 heavy (non-hydrogen) atoms. The zero-order valence-corrected chi connectivity index (χ0v) is 13.2. The highest BCUT2D eigenvalue weighted by molar-refractivity contribution is 5.94. The molecule has 7 heteroatoms. The molecule has 0 aliphatic heterocycles. The second-order valence-corrected chi connectivity index (χ2v) is 5.29. The number of carbonyl (C=O) groups is 1. The molecule has 0 fully saturated rings. The Bertz CT molecular complexity index is 713. The van der Waals surface area contributed by atoms with Crippen LogP contribution in [-0.2, 0) is 4.79 Å². The quantitative estimate of drug-likeness (QED) is 0.857. The van der Waals surface area contributed by atoms with E-state index in [2.05, 4.69) is 15.4 Å². The maximum Gasteiger partial charge on any atom is 0.573 e. The van der Waals surface area contributed by atoms with E-state index in [4.69, 9.17) is 0 Å². The highest BCUT2D eigenvalue weighted by atomic mass is 19.4. The topological polar surface area (TPSA) is 50.4 Å². The second-order valence-electron chi connectivity index (χ2n) is 5.29. The number of hydrogen-bond donors (Lipinski definition) is 2. The lowest BCUT2D eigenvalue weighted by Gasteiger charge is -2.11. The Hall–Kier alpha value is -2.70. The van der Waals surface area contributed by atoms with E-state index in [1.807, 2.05) is 32.0 Å². The first-order valence-electron chi connectivity index (χ1n) is 7.20. The molecule has 0 bridgehead atoms. The van der Waals surface area contributed by atoms with Crippen molar-refractivity contribution in [2.75, 3.05) is 17.2 Å². The molecule has 0 radical (unpaired) electrons. The molecular weight excluding hydrogens is 321 g/mol. The summed E-state index contributed by atoms with van der Waals surface area (Å²) in [6, 6.07) is 10.9. The Morgan fingerprint density at radius 1 is 1.08 bits per heavy atom. The van der Waals surface area contributed by atoms with Gasteiger partial charge in [0.2, 0.25) is 5.91 Å². The average Bonchev–Trinajstić information content (AvgIpc) is 2.48. The monoisotopic (exact) mass is 338 g/mol. The Morgan fingerprint density at radius 2 is 1.75 bits per heavy atom. The molecule has 4 nitrogen and oxygen atoms in total. The van der Waals surface area contributed by atoms with Gasteiger partial charge in [0.1, 0.15) is 5.75 Å². The van der Waals surface area contributed by atoms with Crippen molar-refractivity contribution in [2.24, 2.45) is 0 Å². The van der Waals surface area contributed by atoms with Crippen molar-refractivity contribution in [3.05, 3.63) is 53.6 Å². The van der Waals surface area contributed by atoms with Crippen LogP contribution >= 0.6 is 0 Å². The normalized spacial score (nSPS) is 11.0. The average molecular weight is 338 g/mol. The van der Waals surface area contributed by atoms with Gasteiger partial charge in [0.25, 0.3) is 0 Å². The minimum atomic E-state index is -4.72. The number of rotatable bonds is 5. The van der Waals surface area contributed by atoms with E-state index in [1.54, 1.807) is 0 Å². The summed E-state index contributed by atoms with van der Waals surface area (Å²) in [5.74, 6) is -0.564. The molecule has 2 rings (SSSR count). The summed E-state index contributed by atoms with van der Waals surface area (Å²) in [5.41, 5.74) is 3.29. The first-order chi connectivity index (χ1) is 11.2. The number of hydrogen-bond acceptors (Lipinski definition) is 3. The van der Waals surface area contributed by atoms with E-state index in [-0.39, 0.29) is 18.2 Å². The van der Waals surface area contributed by atoms with Crippen LogP contribution in [0.1, 0.15) is 11.1 Å². The molecular formula is C17H17F3N2O2. The number of amides is 1. The number of nitrogens with one attached hydrogen (secondary N) is 2. The van der Waals surface area contributed by atoms with Gasteiger partial charge in [-0.15, -0.1) is 13.2 Å². The molecule has 0 unspecified atom stereocenters. The highest BCUT2D eigenvalue weighted by Gasteiger charge is 2.30. The summed E-state index contributed by atoms with van der Waals surface area (Å²) in [7, 11) is 0. The molecule has 128 valence electrons. The standard InChI is InChI=1S/C17H17F3N2O2/c1-11-3-8-15(12(2)9-11)22-16(23)10-21-13-4-6-14(7-5-13)24-17(18,19)20/h3-9,21H,10H2,1-2H3,(H,22,23). The third-order valence-corrected chi connectivity index (χ3v) is 3.20. The van der Waals surface area contributed by atoms with Gasteiger partial charge in [0.15, 0.2) is 0 Å². The number of alkyl halides is 3. The van der Waals surface area contributed by atoms with Crippen LogP contribution in [0.3, 0.4) is 0 Å². The van der Waals surface area contributed by atoms with E-state index in [0.29, 0.717) is 5.69 Å². The van der Waals surface area contributed by atoms with Gasteiger partial charge in [-0.3, -0.25) is 4.79 Å². The fourth-order valence-electron chi connectivity index (χ4n) is 2.11. The summed E-state index contributed by atoms with van der Waals surface area (Å²) in [6.07, 6.45) is -4.72. The van der Waals surface area contributed by atoms with Gasteiger partial charge < -0.3 is 15.4 Å². The molecule has 0 saturated carbocycles. The predicted octanol–water partition coefficient (Wildman–Crippen LogP) is 4.25. The first kappa shape index (κ1) is 17.7. The van der Waals surface area contributed by atoms with E-state index in [1.165, 1.54) is 24.3 Å². The minimum Gasteiger partial charge on any atom is -0.406 e. The van der Waals surface area contributed by atoms with Crippen molar-refractivity contribution in [3.8, 4) is 5.75 Å². The number of ether oxygens (including phenoxy) is 1. The van der Waals surface area contributed by atoms with Crippen LogP contribution in [0.2, 0.25) is 0 Å². The summed E-state index contributed by atoms with van der Waals surface area (Å²) < 4.78 is 40.0. The largest absolute Gasteiger partial charge is 0.573 e. The Kier molecular flexibility index (Phi) is 5.33. The highest BCUT2D eigenvalue weighted by Crippen LogP contribution is 2.24. The third kappa shape index (κ3) is 5.49. The van der Waals surface area contributed by atoms with Crippen LogP contribution in [0.15, 0.2) is 42.5 Å². The van der Waals surface area contributed by atoms with Gasteiger partial charge in [-0.1, -0.05) is 17.7 Å². The van der Waals surface area contributed by atoms with Crippen molar-refractivity contribution >= 4 is 17.3 Å². The molecule has 2 aromatic rings. The maximum absolute atomic E-state index is 12.1. The molecule has 0 heterocycles. The van der Waals surface area contributed by atoms with Crippen molar-refractivity contribution < 1.29 is 22.7 Å². The molecule has 0 aliphatic rings. The van der Waals surface area contributed by atoms with Crippen LogP contribution < -0.4 is 15.4 Å². The van der Waals surface area contributed by atoms with E-state index < -0.39 is 6.36 Å². The molecule has 1 amide bonds. The van der Waals surface area contributed by atoms with Crippen molar-refractivity contribution in [1.29, 1.82) is 0 Å². The van der Waals surface area contributed by atoms with Crippen LogP contribution in [0, 0.1) is 13.8 Å². The Morgan fingerprint density at radius 3 is 2.33 bits per heavy atom. The molecule has 2 aromatic carbocycles. The van der Waals surface area contributed by atoms with Crippen molar-refractivity contribution in [3.63, 3.8) is 0 Å². The molecule has 0 aliphatic carbocycles. The molecule has 0 spiro atoms. The second kappa shape index (κ2) is 7.25. The zero-order chi connectivity index (χ0) is 17.7. The van der Waals surface area contributed by atoms with Crippen LogP contribution in [-0.4, -0.2) is 18.8 Å². The lowest BCUT2D eigenvalue weighted by Crippen LogP contribution is -2.22.